The van der Waals surface area contributed by atoms with E-state index in [9.17, 15) is 0 Å². The Labute approximate surface area is 112 Å². The van der Waals surface area contributed by atoms with Crippen molar-refractivity contribution in [1.29, 1.82) is 0 Å². The van der Waals surface area contributed by atoms with Crippen molar-refractivity contribution >= 4 is 0 Å². The van der Waals surface area contributed by atoms with E-state index in [1.807, 2.05) is 0 Å². The molecule has 1 aliphatic carbocycles. The van der Waals surface area contributed by atoms with E-state index in [0.29, 0.717) is 11.5 Å². The summed E-state index contributed by atoms with van der Waals surface area (Å²) in [5.41, 5.74) is 3.37. The van der Waals surface area contributed by atoms with E-state index in [-0.39, 0.29) is 0 Å². The summed E-state index contributed by atoms with van der Waals surface area (Å²) in [5, 5.41) is 3.60. The lowest BCUT2D eigenvalue weighted by Gasteiger charge is -2.37. The zero-order valence-corrected chi connectivity index (χ0v) is 12.1. The molecule has 0 aromatic heterocycles. The molecule has 100 valence electrons. The quantitative estimate of drug-likeness (QED) is 0.823. The zero-order chi connectivity index (χ0) is 13.0. The molecule has 18 heavy (non-hydrogen) atoms. The largest absolute Gasteiger partial charge is 0.316 e. The molecule has 0 heterocycles. The minimum absolute atomic E-state index is 0.541. The highest BCUT2D eigenvalue weighted by Gasteiger charge is 2.38. The van der Waals surface area contributed by atoms with Gasteiger partial charge in [-0.05, 0) is 50.6 Å². The highest BCUT2D eigenvalue weighted by atomic mass is 14.9. The Hall–Kier alpha value is -0.820. The van der Waals surface area contributed by atoms with E-state index in [1.54, 1.807) is 0 Å². The summed E-state index contributed by atoms with van der Waals surface area (Å²) in [7, 11) is 2.13. The van der Waals surface area contributed by atoms with Crippen LogP contribution in [0, 0.1) is 12.3 Å². The topological polar surface area (TPSA) is 12.0 Å². The van der Waals surface area contributed by atoms with Gasteiger partial charge < -0.3 is 5.32 Å². The molecule has 0 aliphatic heterocycles. The molecule has 1 nitrogen and oxygen atoms in total. The van der Waals surface area contributed by atoms with E-state index in [0.717, 1.165) is 0 Å². The first-order valence-corrected chi connectivity index (χ1v) is 7.43. The molecular weight excluding hydrogens is 218 g/mol. The number of rotatable bonds is 5. The Balaban J connectivity index is 2.11. The maximum Gasteiger partial charge on any atom is 0.0161 e. The summed E-state index contributed by atoms with van der Waals surface area (Å²) in [6.45, 7) is 4.52. The fraction of sp³-hybridized carbons (Fsp3) is 0.647. The van der Waals surface area contributed by atoms with Gasteiger partial charge in [-0.3, -0.25) is 0 Å². The summed E-state index contributed by atoms with van der Waals surface area (Å²) in [4.78, 5) is 0. The van der Waals surface area contributed by atoms with E-state index in [1.165, 1.54) is 49.7 Å². The highest BCUT2D eigenvalue weighted by Crippen LogP contribution is 2.44. The van der Waals surface area contributed by atoms with Crippen molar-refractivity contribution in [3.8, 4) is 0 Å². The van der Waals surface area contributed by atoms with E-state index in [4.69, 9.17) is 0 Å². The molecule has 1 atom stereocenters. The van der Waals surface area contributed by atoms with Crippen LogP contribution in [-0.4, -0.2) is 13.1 Å². The lowest BCUT2D eigenvalue weighted by atomic mass is 9.74. The normalized spacial score (nSPS) is 19.9. The van der Waals surface area contributed by atoms with Crippen molar-refractivity contribution in [3.63, 3.8) is 0 Å². The third-order valence-corrected chi connectivity index (χ3v) is 4.95. The Morgan fingerprint density at radius 1 is 1.17 bits per heavy atom. The molecule has 0 radical (unpaired) electrons. The third kappa shape index (κ3) is 2.77. The molecule has 1 aromatic carbocycles. The molecule has 0 amide bonds. The van der Waals surface area contributed by atoms with Crippen LogP contribution in [0.15, 0.2) is 24.3 Å². The average Bonchev–Trinajstić information content (AvgIpc) is 2.88. The first-order chi connectivity index (χ1) is 8.70. The van der Waals surface area contributed by atoms with Crippen LogP contribution >= 0.6 is 0 Å². The Morgan fingerprint density at radius 3 is 2.28 bits per heavy atom. The molecule has 0 spiro atoms. The van der Waals surface area contributed by atoms with Crippen LogP contribution in [0.1, 0.15) is 50.2 Å². The molecule has 1 aliphatic rings. The summed E-state index contributed by atoms with van der Waals surface area (Å²) >= 11 is 0. The fourth-order valence-electron chi connectivity index (χ4n) is 3.61. The van der Waals surface area contributed by atoms with Gasteiger partial charge in [-0.2, -0.15) is 0 Å². The van der Waals surface area contributed by atoms with Crippen molar-refractivity contribution < 1.29 is 0 Å². The van der Waals surface area contributed by atoms with Crippen LogP contribution in [0.5, 0.6) is 0 Å². The molecule has 1 saturated carbocycles. The Kier molecular flexibility index (Phi) is 4.45. The first-order valence-electron chi connectivity index (χ1n) is 7.43. The van der Waals surface area contributed by atoms with E-state index >= 15 is 0 Å². The fourth-order valence-corrected chi connectivity index (χ4v) is 3.61. The molecular formula is C17H27N. The Morgan fingerprint density at radius 2 is 1.78 bits per heavy atom. The lowest BCUT2D eigenvalue weighted by Crippen LogP contribution is -2.43. The molecule has 1 fully saturated rings. The van der Waals surface area contributed by atoms with Crippen LogP contribution in [0.4, 0.5) is 0 Å². The van der Waals surface area contributed by atoms with Gasteiger partial charge in [0, 0.05) is 6.04 Å². The average molecular weight is 245 g/mol. The SMILES string of the molecule is CCC1(C(Cc2ccc(C)cc2)NC)CCCC1. The predicted octanol–water partition coefficient (Wildman–Crippen LogP) is 4.10. The van der Waals surface area contributed by atoms with E-state index < -0.39 is 0 Å². The van der Waals surface area contributed by atoms with Crippen LogP contribution in [0.2, 0.25) is 0 Å². The molecule has 0 bridgehead atoms. The second-order valence-corrected chi connectivity index (χ2v) is 5.95. The van der Waals surface area contributed by atoms with Gasteiger partial charge in [0.2, 0.25) is 0 Å². The predicted molar refractivity (Wildman–Crippen MR) is 78.9 cm³/mol. The number of hydrogen-bond acceptors (Lipinski definition) is 1. The maximum atomic E-state index is 3.60. The minimum atomic E-state index is 0.541. The van der Waals surface area contributed by atoms with Crippen molar-refractivity contribution in [1.82, 2.24) is 5.32 Å². The number of benzene rings is 1. The summed E-state index contributed by atoms with van der Waals surface area (Å²) in [6, 6.07) is 9.67. The smallest absolute Gasteiger partial charge is 0.0161 e. The highest BCUT2D eigenvalue weighted by molar-refractivity contribution is 5.22. The van der Waals surface area contributed by atoms with Gasteiger partial charge in [-0.25, -0.2) is 0 Å². The van der Waals surface area contributed by atoms with Crippen molar-refractivity contribution in [2.45, 2.75) is 58.4 Å². The molecule has 1 unspecified atom stereocenters. The zero-order valence-electron chi connectivity index (χ0n) is 12.1. The second kappa shape index (κ2) is 5.88. The molecule has 2 rings (SSSR count). The number of aryl methyl sites for hydroxylation is 1. The van der Waals surface area contributed by atoms with Crippen molar-refractivity contribution in [2.24, 2.45) is 5.41 Å². The van der Waals surface area contributed by atoms with Crippen LogP contribution < -0.4 is 5.32 Å². The van der Waals surface area contributed by atoms with Gasteiger partial charge in [0.15, 0.2) is 0 Å². The number of nitrogens with one attached hydrogen (secondary N) is 1. The van der Waals surface area contributed by atoms with Gasteiger partial charge in [0.25, 0.3) is 0 Å². The van der Waals surface area contributed by atoms with Gasteiger partial charge in [0.1, 0.15) is 0 Å². The van der Waals surface area contributed by atoms with Crippen LogP contribution in [0.3, 0.4) is 0 Å². The minimum Gasteiger partial charge on any atom is -0.316 e. The molecule has 1 N–H and O–H groups in total. The van der Waals surface area contributed by atoms with Crippen LogP contribution in [-0.2, 0) is 6.42 Å². The summed E-state index contributed by atoms with van der Waals surface area (Å²) in [5.74, 6) is 0. The monoisotopic (exact) mass is 245 g/mol. The van der Waals surface area contributed by atoms with Gasteiger partial charge in [0.05, 0.1) is 0 Å². The van der Waals surface area contributed by atoms with Crippen LogP contribution in [0.25, 0.3) is 0 Å². The first kappa shape index (κ1) is 13.6. The van der Waals surface area contributed by atoms with E-state index in [2.05, 4.69) is 50.5 Å². The maximum absolute atomic E-state index is 3.60. The number of likely N-dealkylation sites (N-methyl/N-ethyl adjacent to an activating group) is 1. The molecule has 0 saturated heterocycles. The third-order valence-electron chi connectivity index (χ3n) is 4.95. The van der Waals surface area contributed by atoms with Gasteiger partial charge in [-0.15, -0.1) is 0 Å². The molecule has 1 heteroatoms. The standard InChI is InChI=1S/C17H27N/c1-4-17(11-5-6-12-17)16(18-3)13-15-9-7-14(2)8-10-15/h7-10,16,18H,4-6,11-13H2,1-3H3. The van der Waals surface area contributed by atoms with Crippen molar-refractivity contribution in [3.05, 3.63) is 35.4 Å². The summed E-state index contributed by atoms with van der Waals surface area (Å²) < 4.78 is 0. The Bertz CT molecular complexity index is 360. The van der Waals surface area contributed by atoms with Crippen molar-refractivity contribution in [2.75, 3.05) is 7.05 Å². The van der Waals surface area contributed by atoms with Gasteiger partial charge >= 0.3 is 0 Å². The second-order valence-electron chi connectivity index (χ2n) is 5.95. The summed E-state index contributed by atoms with van der Waals surface area (Å²) in [6.07, 6.45) is 8.12. The van der Waals surface area contributed by atoms with Gasteiger partial charge in [-0.1, -0.05) is 49.6 Å². The lowest BCUT2D eigenvalue weighted by molar-refractivity contribution is 0.192. The molecule has 1 aromatic rings. The number of hydrogen-bond donors (Lipinski definition) is 1.